The molecule has 98 valence electrons. The summed E-state index contributed by atoms with van der Waals surface area (Å²) in [6, 6.07) is 0. The van der Waals surface area contributed by atoms with Gasteiger partial charge in [-0.3, -0.25) is 0 Å². The molecule has 0 aromatic rings. The quantitative estimate of drug-likeness (QED) is 0.767. The lowest BCUT2D eigenvalue weighted by atomic mass is 10.0. The van der Waals surface area contributed by atoms with Crippen molar-refractivity contribution in [1.82, 2.24) is 9.62 Å². The smallest absolute Gasteiger partial charge is 0.214 e. The molecule has 0 amide bonds. The van der Waals surface area contributed by atoms with Gasteiger partial charge in [0.05, 0.1) is 5.75 Å². The molecule has 0 radical (unpaired) electrons. The Bertz CT molecular complexity index is 383. The summed E-state index contributed by atoms with van der Waals surface area (Å²) in [5, 5.41) is 3.27. The van der Waals surface area contributed by atoms with Crippen LogP contribution in [0.3, 0.4) is 0 Å². The molecule has 2 heterocycles. The topological polar surface area (TPSA) is 49.4 Å². The third kappa shape index (κ3) is 3.53. The zero-order valence-corrected chi connectivity index (χ0v) is 11.3. The zero-order valence-electron chi connectivity index (χ0n) is 10.5. The standard InChI is InChI=1S/C12H22N2O2S/c1-11-4-7-14(8-5-11)17(15,16)10-12-3-2-6-13-9-12/h4,12-13H,2-3,5-10H2,1H3. The van der Waals surface area contributed by atoms with E-state index < -0.39 is 10.0 Å². The van der Waals surface area contributed by atoms with Gasteiger partial charge >= 0.3 is 0 Å². The largest absolute Gasteiger partial charge is 0.316 e. The van der Waals surface area contributed by atoms with Gasteiger partial charge in [-0.05, 0) is 45.2 Å². The van der Waals surface area contributed by atoms with Crippen LogP contribution in [0.2, 0.25) is 0 Å². The van der Waals surface area contributed by atoms with Gasteiger partial charge in [0.15, 0.2) is 0 Å². The van der Waals surface area contributed by atoms with Gasteiger partial charge in [0, 0.05) is 13.1 Å². The molecular weight excluding hydrogens is 236 g/mol. The van der Waals surface area contributed by atoms with E-state index in [2.05, 4.69) is 12.2 Å². The first-order valence-corrected chi connectivity index (χ1v) is 8.03. The van der Waals surface area contributed by atoms with E-state index in [-0.39, 0.29) is 0 Å². The molecule has 0 aromatic heterocycles. The second-order valence-corrected chi connectivity index (χ2v) is 7.16. The Morgan fingerprint density at radius 1 is 1.53 bits per heavy atom. The van der Waals surface area contributed by atoms with Crippen molar-refractivity contribution in [3.8, 4) is 0 Å². The number of nitrogens with one attached hydrogen (secondary N) is 1. The van der Waals surface area contributed by atoms with Crippen molar-refractivity contribution in [2.24, 2.45) is 5.92 Å². The first-order valence-electron chi connectivity index (χ1n) is 6.42. The Hall–Kier alpha value is -0.390. The zero-order chi connectivity index (χ0) is 12.3. The molecular formula is C12H22N2O2S. The predicted molar refractivity (Wildman–Crippen MR) is 69.3 cm³/mol. The van der Waals surface area contributed by atoms with Crippen LogP contribution in [0.25, 0.3) is 0 Å². The van der Waals surface area contributed by atoms with Crippen LogP contribution in [-0.4, -0.2) is 44.7 Å². The average molecular weight is 258 g/mol. The Balaban J connectivity index is 1.94. The van der Waals surface area contributed by atoms with E-state index in [0.29, 0.717) is 24.8 Å². The Labute approximate surface area is 104 Å². The molecule has 1 N–H and O–H groups in total. The Kier molecular flexibility index (Phi) is 4.22. The molecule has 5 heteroatoms. The fraction of sp³-hybridized carbons (Fsp3) is 0.833. The SMILES string of the molecule is CC1=CCN(S(=O)(=O)CC2CCCNC2)CC1. The minimum Gasteiger partial charge on any atom is -0.316 e. The lowest BCUT2D eigenvalue weighted by Crippen LogP contribution is -2.41. The van der Waals surface area contributed by atoms with Gasteiger partial charge in [0.25, 0.3) is 0 Å². The summed E-state index contributed by atoms with van der Waals surface area (Å²) >= 11 is 0. The second kappa shape index (κ2) is 5.50. The Morgan fingerprint density at radius 2 is 2.35 bits per heavy atom. The van der Waals surface area contributed by atoms with Gasteiger partial charge in [-0.25, -0.2) is 8.42 Å². The minimum absolute atomic E-state index is 0.292. The van der Waals surface area contributed by atoms with Gasteiger partial charge in [0.1, 0.15) is 0 Å². The molecule has 2 aliphatic heterocycles. The summed E-state index contributed by atoms with van der Waals surface area (Å²) in [5.74, 6) is 0.605. The van der Waals surface area contributed by atoms with Gasteiger partial charge in [-0.1, -0.05) is 11.6 Å². The number of piperidine rings is 1. The summed E-state index contributed by atoms with van der Waals surface area (Å²) in [4.78, 5) is 0. The van der Waals surface area contributed by atoms with E-state index in [1.807, 2.05) is 6.08 Å². The summed E-state index contributed by atoms with van der Waals surface area (Å²) in [7, 11) is -3.06. The first-order chi connectivity index (χ1) is 8.08. The summed E-state index contributed by atoms with van der Waals surface area (Å²) in [6.45, 7) is 5.16. The van der Waals surface area contributed by atoms with Crippen LogP contribution in [0.4, 0.5) is 0 Å². The average Bonchev–Trinajstić information content (AvgIpc) is 2.30. The third-order valence-electron chi connectivity index (χ3n) is 3.64. The van der Waals surface area contributed by atoms with E-state index in [1.165, 1.54) is 5.57 Å². The van der Waals surface area contributed by atoms with Crippen LogP contribution in [0, 0.1) is 5.92 Å². The molecule has 2 rings (SSSR count). The van der Waals surface area contributed by atoms with Crippen LogP contribution in [-0.2, 0) is 10.0 Å². The van der Waals surface area contributed by atoms with Crippen molar-refractivity contribution in [2.45, 2.75) is 26.2 Å². The molecule has 2 aliphatic rings. The van der Waals surface area contributed by atoms with Crippen LogP contribution in [0.1, 0.15) is 26.2 Å². The first kappa shape index (κ1) is 13.1. The van der Waals surface area contributed by atoms with Crippen LogP contribution in [0.15, 0.2) is 11.6 Å². The van der Waals surface area contributed by atoms with Crippen molar-refractivity contribution in [3.63, 3.8) is 0 Å². The molecule has 1 unspecified atom stereocenters. The molecule has 0 saturated carbocycles. The summed E-state index contributed by atoms with van der Waals surface area (Å²) < 4.78 is 26.1. The highest BCUT2D eigenvalue weighted by Crippen LogP contribution is 2.18. The van der Waals surface area contributed by atoms with Gasteiger partial charge in [-0.2, -0.15) is 4.31 Å². The van der Waals surface area contributed by atoms with Crippen molar-refractivity contribution >= 4 is 10.0 Å². The van der Waals surface area contributed by atoms with E-state index in [1.54, 1.807) is 4.31 Å². The van der Waals surface area contributed by atoms with Gasteiger partial charge in [0.2, 0.25) is 10.0 Å². The minimum atomic E-state index is -3.06. The van der Waals surface area contributed by atoms with Crippen molar-refractivity contribution < 1.29 is 8.42 Å². The number of hydrogen-bond donors (Lipinski definition) is 1. The lowest BCUT2D eigenvalue weighted by molar-refractivity contribution is 0.383. The normalized spacial score (nSPS) is 27.8. The maximum absolute atomic E-state index is 12.2. The molecule has 17 heavy (non-hydrogen) atoms. The predicted octanol–water partition coefficient (Wildman–Crippen LogP) is 0.968. The van der Waals surface area contributed by atoms with E-state index in [0.717, 1.165) is 32.4 Å². The molecule has 1 saturated heterocycles. The van der Waals surface area contributed by atoms with Crippen LogP contribution >= 0.6 is 0 Å². The van der Waals surface area contributed by atoms with E-state index in [4.69, 9.17) is 0 Å². The molecule has 4 nitrogen and oxygen atoms in total. The fourth-order valence-corrected chi connectivity index (χ4v) is 4.24. The number of hydrogen-bond acceptors (Lipinski definition) is 3. The maximum atomic E-state index is 12.2. The highest BCUT2D eigenvalue weighted by Gasteiger charge is 2.27. The van der Waals surface area contributed by atoms with Crippen molar-refractivity contribution in [1.29, 1.82) is 0 Å². The summed E-state index contributed by atoms with van der Waals surface area (Å²) in [5.41, 5.74) is 1.30. The van der Waals surface area contributed by atoms with E-state index in [9.17, 15) is 8.42 Å². The number of rotatable bonds is 3. The van der Waals surface area contributed by atoms with Crippen LogP contribution in [0.5, 0.6) is 0 Å². The maximum Gasteiger partial charge on any atom is 0.214 e. The molecule has 1 atom stereocenters. The van der Waals surface area contributed by atoms with E-state index >= 15 is 0 Å². The molecule has 0 spiro atoms. The lowest BCUT2D eigenvalue weighted by Gasteiger charge is -2.28. The molecule has 0 bridgehead atoms. The second-order valence-electron chi connectivity index (χ2n) is 5.15. The third-order valence-corrected chi connectivity index (χ3v) is 5.65. The number of sulfonamides is 1. The van der Waals surface area contributed by atoms with Gasteiger partial charge < -0.3 is 5.32 Å². The number of nitrogens with zero attached hydrogens (tertiary/aromatic N) is 1. The van der Waals surface area contributed by atoms with Crippen molar-refractivity contribution in [3.05, 3.63) is 11.6 Å². The monoisotopic (exact) mass is 258 g/mol. The molecule has 1 fully saturated rings. The van der Waals surface area contributed by atoms with Crippen molar-refractivity contribution in [2.75, 3.05) is 31.9 Å². The molecule has 0 aliphatic carbocycles. The van der Waals surface area contributed by atoms with Gasteiger partial charge in [-0.15, -0.1) is 0 Å². The summed E-state index contributed by atoms with van der Waals surface area (Å²) in [6.07, 6.45) is 5.04. The Morgan fingerprint density at radius 3 is 2.94 bits per heavy atom. The fourth-order valence-electron chi connectivity index (χ4n) is 2.47. The highest BCUT2D eigenvalue weighted by atomic mass is 32.2. The molecule has 0 aromatic carbocycles. The highest BCUT2D eigenvalue weighted by molar-refractivity contribution is 7.89. The van der Waals surface area contributed by atoms with Crippen LogP contribution < -0.4 is 5.32 Å².